The van der Waals surface area contributed by atoms with E-state index in [1.807, 2.05) is 19.1 Å². The first-order valence-corrected chi connectivity index (χ1v) is 10.8. The number of aliphatic hydroxyl groups excluding tert-OH is 1. The molecule has 7 heteroatoms. The van der Waals surface area contributed by atoms with Crippen LogP contribution in [0.3, 0.4) is 0 Å². The van der Waals surface area contributed by atoms with Crippen molar-refractivity contribution in [3.05, 3.63) is 92.9 Å². The zero-order chi connectivity index (χ0) is 23.0. The highest BCUT2D eigenvalue weighted by Crippen LogP contribution is 2.41. The molecule has 0 spiro atoms. The summed E-state index contributed by atoms with van der Waals surface area (Å²) in [6, 6.07) is 15.2. The van der Waals surface area contributed by atoms with E-state index in [1.165, 1.54) is 4.90 Å². The first-order chi connectivity index (χ1) is 15.3. The first kappa shape index (κ1) is 21.9. The highest BCUT2D eigenvalue weighted by Gasteiger charge is 2.47. The van der Waals surface area contributed by atoms with E-state index in [4.69, 9.17) is 9.15 Å². The number of carbonyl (C=O) groups is 2. The minimum atomic E-state index is -0.838. The number of furan rings is 1. The summed E-state index contributed by atoms with van der Waals surface area (Å²) in [5, 5.41) is 11.1. The van der Waals surface area contributed by atoms with Crippen molar-refractivity contribution in [2.24, 2.45) is 0 Å². The van der Waals surface area contributed by atoms with Gasteiger partial charge in [0.15, 0.2) is 0 Å². The highest BCUT2D eigenvalue weighted by molar-refractivity contribution is 9.10. The molecule has 1 amide bonds. The van der Waals surface area contributed by atoms with Crippen molar-refractivity contribution in [1.82, 2.24) is 4.90 Å². The normalized spacial score (nSPS) is 17.8. The number of halogens is 1. The molecule has 1 aliphatic rings. The Balaban J connectivity index is 1.82. The number of hydrogen-bond donors (Lipinski definition) is 1. The largest absolute Gasteiger partial charge is 0.507 e. The van der Waals surface area contributed by atoms with Crippen molar-refractivity contribution in [3.8, 4) is 5.75 Å². The van der Waals surface area contributed by atoms with E-state index in [1.54, 1.807) is 56.5 Å². The van der Waals surface area contributed by atoms with Crippen LogP contribution in [-0.4, -0.2) is 28.8 Å². The molecule has 0 radical (unpaired) electrons. The average Bonchev–Trinajstić information content (AvgIpc) is 3.32. The molecule has 1 aliphatic heterocycles. The maximum atomic E-state index is 13.1. The van der Waals surface area contributed by atoms with Crippen LogP contribution in [0.1, 0.15) is 34.3 Å². The van der Waals surface area contributed by atoms with E-state index in [0.717, 1.165) is 15.6 Å². The lowest BCUT2D eigenvalue weighted by molar-refractivity contribution is -0.140. The Morgan fingerprint density at radius 3 is 2.41 bits per heavy atom. The fourth-order valence-electron chi connectivity index (χ4n) is 3.81. The van der Waals surface area contributed by atoms with Gasteiger partial charge in [-0.3, -0.25) is 9.59 Å². The van der Waals surface area contributed by atoms with Gasteiger partial charge in [0, 0.05) is 16.6 Å². The number of nitrogens with zero attached hydrogens (tertiary/aromatic N) is 1. The van der Waals surface area contributed by atoms with Crippen molar-refractivity contribution < 1.29 is 23.8 Å². The lowest BCUT2D eigenvalue weighted by Gasteiger charge is -2.23. The molecule has 164 valence electrons. The van der Waals surface area contributed by atoms with Crippen LogP contribution >= 0.6 is 15.9 Å². The summed E-state index contributed by atoms with van der Waals surface area (Å²) in [6.45, 7) is 3.85. The van der Waals surface area contributed by atoms with E-state index in [9.17, 15) is 14.7 Å². The third-order valence-corrected chi connectivity index (χ3v) is 6.40. The van der Waals surface area contributed by atoms with Gasteiger partial charge in [-0.2, -0.15) is 0 Å². The Morgan fingerprint density at radius 2 is 1.81 bits per heavy atom. The monoisotopic (exact) mass is 495 g/mol. The molecule has 1 fully saturated rings. The predicted octanol–water partition coefficient (Wildman–Crippen LogP) is 5.29. The lowest BCUT2D eigenvalue weighted by Crippen LogP contribution is -2.29. The van der Waals surface area contributed by atoms with E-state index in [2.05, 4.69) is 15.9 Å². The third-order valence-electron chi connectivity index (χ3n) is 5.51. The maximum absolute atomic E-state index is 13.1. The van der Waals surface area contributed by atoms with Crippen LogP contribution < -0.4 is 4.74 Å². The number of hydrogen-bond acceptors (Lipinski definition) is 5. The minimum Gasteiger partial charge on any atom is -0.507 e. The summed E-state index contributed by atoms with van der Waals surface area (Å²) in [4.78, 5) is 27.6. The van der Waals surface area contributed by atoms with Crippen molar-refractivity contribution in [3.63, 3.8) is 0 Å². The minimum absolute atomic E-state index is 0.0135. The third kappa shape index (κ3) is 3.96. The first-order valence-electron chi connectivity index (χ1n) is 10.0. The van der Waals surface area contributed by atoms with Gasteiger partial charge < -0.3 is 19.2 Å². The zero-order valence-corrected chi connectivity index (χ0v) is 19.5. The van der Waals surface area contributed by atoms with Gasteiger partial charge in [0.25, 0.3) is 11.7 Å². The number of carbonyl (C=O) groups excluding carboxylic acids is 2. The van der Waals surface area contributed by atoms with E-state index < -0.39 is 17.7 Å². The molecule has 0 aliphatic carbocycles. The van der Waals surface area contributed by atoms with Crippen molar-refractivity contribution >= 4 is 33.4 Å². The van der Waals surface area contributed by atoms with Gasteiger partial charge in [0.2, 0.25) is 0 Å². The molecular formula is C25H22BrNO5. The van der Waals surface area contributed by atoms with E-state index in [-0.39, 0.29) is 17.9 Å². The smallest absolute Gasteiger partial charge is 0.296 e. The molecule has 1 aromatic heterocycles. The number of ether oxygens (including phenoxy) is 1. The SMILES string of the molecule is COc1ccc(CN2C(=O)C(=O)/C(=C(\O)c3ccc(Br)c(C)c3)C2c2ccc(C)o2)cc1. The van der Waals surface area contributed by atoms with Gasteiger partial charge in [-0.1, -0.05) is 34.1 Å². The fourth-order valence-corrected chi connectivity index (χ4v) is 4.06. The topological polar surface area (TPSA) is 80.0 Å². The quantitative estimate of drug-likeness (QED) is 0.295. The van der Waals surface area contributed by atoms with E-state index in [0.29, 0.717) is 22.8 Å². The number of aliphatic hydroxyl groups is 1. The molecular weight excluding hydrogens is 474 g/mol. The Kier molecular flexibility index (Phi) is 5.93. The molecule has 2 heterocycles. The fraction of sp³-hybridized carbons (Fsp3) is 0.200. The summed E-state index contributed by atoms with van der Waals surface area (Å²) in [6.07, 6.45) is 0. The van der Waals surface area contributed by atoms with Crippen LogP contribution in [0.15, 0.2) is 69.1 Å². The van der Waals surface area contributed by atoms with Crippen molar-refractivity contribution in [1.29, 1.82) is 0 Å². The number of benzene rings is 2. The van der Waals surface area contributed by atoms with Gasteiger partial charge in [-0.15, -0.1) is 0 Å². The van der Waals surface area contributed by atoms with Crippen LogP contribution in [0.25, 0.3) is 5.76 Å². The molecule has 2 aromatic carbocycles. The lowest BCUT2D eigenvalue weighted by atomic mass is 9.98. The average molecular weight is 496 g/mol. The van der Waals surface area contributed by atoms with Gasteiger partial charge in [-0.25, -0.2) is 0 Å². The van der Waals surface area contributed by atoms with Crippen LogP contribution in [0.2, 0.25) is 0 Å². The summed E-state index contributed by atoms with van der Waals surface area (Å²) in [5.74, 6) is 0.112. The van der Waals surface area contributed by atoms with Crippen LogP contribution in [0, 0.1) is 13.8 Å². The Labute approximate surface area is 194 Å². The molecule has 1 atom stereocenters. The Bertz CT molecular complexity index is 1230. The molecule has 1 unspecified atom stereocenters. The number of ketones is 1. The second-order valence-electron chi connectivity index (χ2n) is 7.69. The van der Waals surface area contributed by atoms with Crippen LogP contribution in [0.4, 0.5) is 0 Å². The molecule has 4 rings (SSSR count). The molecule has 0 bridgehead atoms. The van der Waals surface area contributed by atoms with Crippen molar-refractivity contribution in [2.45, 2.75) is 26.4 Å². The maximum Gasteiger partial charge on any atom is 0.296 e. The Morgan fingerprint density at radius 1 is 1.09 bits per heavy atom. The number of aryl methyl sites for hydroxylation is 2. The van der Waals surface area contributed by atoms with Gasteiger partial charge in [0.1, 0.15) is 29.1 Å². The van der Waals surface area contributed by atoms with Crippen LogP contribution in [0.5, 0.6) is 5.75 Å². The van der Waals surface area contributed by atoms with Gasteiger partial charge >= 0.3 is 0 Å². The molecule has 0 saturated carbocycles. The molecule has 32 heavy (non-hydrogen) atoms. The molecule has 1 saturated heterocycles. The van der Waals surface area contributed by atoms with Gasteiger partial charge in [-0.05, 0) is 61.4 Å². The zero-order valence-electron chi connectivity index (χ0n) is 17.9. The summed E-state index contributed by atoms with van der Waals surface area (Å²) in [5.41, 5.74) is 2.19. The second kappa shape index (κ2) is 8.67. The predicted molar refractivity (Wildman–Crippen MR) is 123 cm³/mol. The molecule has 6 nitrogen and oxygen atoms in total. The number of Topliss-reactive ketones (excluding diaryl/α,β-unsaturated/α-hetero) is 1. The summed E-state index contributed by atoms with van der Waals surface area (Å²) >= 11 is 3.44. The standard InChI is InChI=1S/C25H22BrNO5/c1-14-12-17(7-10-19(14)26)23(28)21-22(20-11-4-15(2)32-20)27(25(30)24(21)29)13-16-5-8-18(31-3)9-6-16/h4-12,22,28H,13H2,1-3H3/b23-21-. The molecule has 3 aromatic rings. The van der Waals surface area contributed by atoms with Crippen molar-refractivity contribution in [2.75, 3.05) is 7.11 Å². The Hall–Kier alpha value is -3.32. The number of amides is 1. The number of rotatable bonds is 5. The second-order valence-corrected chi connectivity index (χ2v) is 8.54. The van der Waals surface area contributed by atoms with Crippen LogP contribution in [-0.2, 0) is 16.1 Å². The van der Waals surface area contributed by atoms with Gasteiger partial charge in [0.05, 0.1) is 12.7 Å². The summed E-state index contributed by atoms with van der Waals surface area (Å²) in [7, 11) is 1.58. The highest BCUT2D eigenvalue weighted by atomic mass is 79.9. The molecule has 1 N–H and O–H groups in total. The number of likely N-dealkylation sites (tertiary alicyclic amines) is 1. The summed E-state index contributed by atoms with van der Waals surface area (Å²) < 4.78 is 11.9. The van der Waals surface area contributed by atoms with E-state index >= 15 is 0 Å². The number of methoxy groups -OCH3 is 1.